The third kappa shape index (κ3) is 7.46. The number of likely N-dealkylation sites (N-methyl/N-ethyl adjacent to an activating group) is 1. The summed E-state index contributed by atoms with van der Waals surface area (Å²) in [6, 6.07) is 11.4. The lowest BCUT2D eigenvalue weighted by Crippen LogP contribution is -2.76. The molecule has 2 aliphatic heterocycles. The predicted molar refractivity (Wildman–Crippen MR) is 159 cm³/mol. The van der Waals surface area contributed by atoms with Crippen LogP contribution in [0, 0.1) is 5.82 Å². The molecule has 0 aromatic heterocycles. The zero-order valence-corrected chi connectivity index (χ0v) is 25.2. The Kier molecular flexibility index (Phi) is 10.8. The summed E-state index contributed by atoms with van der Waals surface area (Å²) < 4.78 is 23.8. The summed E-state index contributed by atoms with van der Waals surface area (Å²) in [6.07, 6.45) is 0.650. The second-order valence-corrected chi connectivity index (χ2v) is 10.6. The van der Waals surface area contributed by atoms with Crippen LogP contribution in [-0.4, -0.2) is 96.4 Å². The maximum Gasteiger partial charge on any atom is 0.407 e. The summed E-state index contributed by atoms with van der Waals surface area (Å²) in [5.41, 5.74) is 1.57. The number of carbonyl (C=O) groups excluding carboxylic acids is 4. The number of urea groups is 1. The molecule has 0 radical (unpaired) electrons. The number of amides is 5. The number of fused-ring (bicyclic) bond motifs is 1. The normalized spacial score (nSPS) is 19.2. The van der Waals surface area contributed by atoms with Crippen LogP contribution in [0.25, 0.3) is 0 Å². The molecule has 2 aliphatic rings. The average Bonchev–Trinajstić information content (AvgIpc) is 3.01. The van der Waals surface area contributed by atoms with Crippen LogP contribution < -0.4 is 15.4 Å². The van der Waals surface area contributed by atoms with Gasteiger partial charge in [0.2, 0.25) is 11.8 Å². The molecule has 2 saturated heterocycles. The van der Waals surface area contributed by atoms with Crippen LogP contribution in [-0.2, 0) is 20.9 Å². The molecule has 4 rings (SSSR count). The minimum absolute atomic E-state index is 0.0477. The van der Waals surface area contributed by atoms with E-state index in [1.165, 1.54) is 28.1 Å². The third-order valence-electron chi connectivity index (χ3n) is 7.77. The van der Waals surface area contributed by atoms with Gasteiger partial charge < -0.3 is 29.9 Å². The fraction of sp³-hybridized carbons (Fsp3) is 0.419. The Morgan fingerprint density at radius 2 is 1.82 bits per heavy atom. The van der Waals surface area contributed by atoms with E-state index in [9.17, 15) is 23.6 Å². The van der Waals surface area contributed by atoms with Crippen molar-refractivity contribution in [3.8, 4) is 5.75 Å². The fourth-order valence-electron chi connectivity index (χ4n) is 5.49. The maximum absolute atomic E-state index is 14.0. The lowest BCUT2D eigenvalue weighted by molar-refractivity contribution is -0.189. The first-order valence-electron chi connectivity index (χ1n) is 14.4. The summed E-state index contributed by atoms with van der Waals surface area (Å²) in [6.45, 7) is 5.80. The number of methoxy groups -OCH3 is 1. The van der Waals surface area contributed by atoms with Crippen molar-refractivity contribution in [2.75, 3.05) is 40.4 Å². The second-order valence-electron chi connectivity index (χ2n) is 10.6. The molecule has 3 atom stereocenters. The van der Waals surface area contributed by atoms with Crippen LogP contribution in [0.15, 0.2) is 61.2 Å². The van der Waals surface area contributed by atoms with Gasteiger partial charge in [0.15, 0.2) is 0 Å². The highest BCUT2D eigenvalue weighted by atomic mass is 19.1. The van der Waals surface area contributed by atoms with Gasteiger partial charge in [-0.1, -0.05) is 36.9 Å². The Hall–Kier alpha value is -4.65. The van der Waals surface area contributed by atoms with Crippen molar-refractivity contribution < 1.29 is 33.0 Å². The summed E-state index contributed by atoms with van der Waals surface area (Å²) in [4.78, 5) is 56.1. The first kappa shape index (κ1) is 32.3. The predicted octanol–water partition coefficient (Wildman–Crippen LogP) is 3.03. The van der Waals surface area contributed by atoms with Crippen molar-refractivity contribution in [2.45, 2.75) is 44.6 Å². The highest BCUT2D eigenvalue weighted by Gasteiger charge is 2.51. The molecule has 12 nitrogen and oxygen atoms in total. The van der Waals surface area contributed by atoms with Gasteiger partial charge in [-0.3, -0.25) is 9.59 Å². The van der Waals surface area contributed by atoms with Crippen molar-refractivity contribution >= 4 is 23.9 Å². The Morgan fingerprint density at radius 3 is 2.48 bits per heavy atom. The Labute approximate surface area is 256 Å². The first-order valence-corrected chi connectivity index (χ1v) is 14.4. The maximum atomic E-state index is 14.0. The molecule has 0 spiro atoms. The number of carbonyl (C=O) groups is 4. The zero-order chi connectivity index (χ0) is 31.8. The Bertz CT molecular complexity index is 1340. The van der Waals surface area contributed by atoms with Crippen LogP contribution in [0.2, 0.25) is 0 Å². The van der Waals surface area contributed by atoms with Crippen molar-refractivity contribution in [1.29, 1.82) is 0 Å². The first-order chi connectivity index (χ1) is 21.1. The van der Waals surface area contributed by atoms with E-state index in [1.54, 1.807) is 48.3 Å². The molecule has 0 aliphatic carbocycles. The van der Waals surface area contributed by atoms with Gasteiger partial charge in [-0.25, -0.2) is 24.0 Å². The fourth-order valence-corrected chi connectivity index (χ4v) is 5.49. The third-order valence-corrected chi connectivity index (χ3v) is 7.77. The van der Waals surface area contributed by atoms with E-state index in [0.29, 0.717) is 17.7 Å². The number of hydrogen-bond donors (Lipinski definition) is 2. The van der Waals surface area contributed by atoms with Gasteiger partial charge in [-0.2, -0.15) is 0 Å². The molecular formula is C31H39FN6O6. The van der Waals surface area contributed by atoms with Crippen LogP contribution in [0.5, 0.6) is 5.75 Å². The zero-order valence-electron chi connectivity index (χ0n) is 25.2. The number of benzene rings is 2. The number of hydrazine groups is 1. The van der Waals surface area contributed by atoms with Crippen LogP contribution in [0.4, 0.5) is 14.0 Å². The number of alkyl carbamates (subject to hydrolysis) is 1. The number of halogens is 1. The van der Waals surface area contributed by atoms with Crippen LogP contribution in [0.1, 0.15) is 36.9 Å². The van der Waals surface area contributed by atoms with E-state index in [4.69, 9.17) is 9.47 Å². The van der Waals surface area contributed by atoms with Crippen molar-refractivity contribution in [1.82, 2.24) is 30.5 Å². The smallest absolute Gasteiger partial charge is 0.407 e. The summed E-state index contributed by atoms with van der Waals surface area (Å²) in [7, 11) is 3.23. The van der Waals surface area contributed by atoms with Crippen molar-refractivity contribution in [3.63, 3.8) is 0 Å². The second kappa shape index (κ2) is 14.7. The van der Waals surface area contributed by atoms with Gasteiger partial charge in [-0.05, 0) is 55.2 Å². The molecule has 0 bridgehead atoms. The lowest BCUT2D eigenvalue weighted by Gasteiger charge is -2.55. The molecule has 2 fully saturated rings. The molecule has 3 unspecified atom stereocenters. The highest BCUT2D eigenvalue weighted by Crippen LogP contribution is 2.32. The van der Waals surface area contributed by atoms with Gasteiger partial charge in [-0.15, -0.1) is 0 Å². The largest absolute Gasteiger partial charge is 0.497 e. The minimum atomic E-state index is -0.888. The Morgan fingerprint density at radius 1 is 1.11 bits per heavy atom. The van der Waals surface area contributed by atoms with Gasteiger partial charge in [0.05, 0.1) is 26.2 Å². The quantitative estimate of drug-likeness (QED) is 0.296. The minimum Gasteiger partial charge on any atom is -0.497 e. The summed E-state index contributed by atoms with van der Waals surface area (Å²) in [5.74, 6) is -0.276. The lowest BCUT2D eigenvalue weighted by atomic mass is 9.98. The number of rotatable bonds is 11. The van der Waals surface area contributed by atoms with E-state index in [-0.39, 0.29) is 51.0 Å². The van der Waals surface area contributed by atoms with Crippen LogP contribution >= 0.6 is 0 Å². The molecule has 2 heterocycles. The van der Waals surface area contributed by atoms with Crippen molar-refractivity contribution in [3.05, 3.63) is 78.1 Å². The van der Waals surface area contributed by atoms with E-state index >= 15 is 0 Å². The molecule has 0 saturated carbocycles. The molecule has 13 heteroatoms. The van der Waals surface area contributed by atoms with Gasteiger partial charge in [0.25, 0.3) is 0 Å². The number of nitrogens with one attached hydrogen (secondary N) is 2. The topological polar surface area (TPSA) is 124 Å². The van der Waals surface area contributed by atoms with Gasteiger partial charge in [0.1, 0.15) is 30.4 Å². The standard InChI is InChI=1S/C31H39FN6O6/c1-5-17-44-31(42)33-16-6-7-26-29(40)36(21(2)23-10-12-24(32)13-11-23)19-27-37(26)28(39)20-35(3)38(27)30(41)34-18-22-8-14-25(43-4)15-9-22/h5,8-15,21,26-27H,1,6-7,16-20H2,2-4H3,(H,33,42)(H,34,41). The molecule has 2 aromatic rings. The SMILES string of the molecule is C=CCOC(=O)NCCCC1C(=O)N(C(C)c2ccc(F)cc2)CC2N1C(=O)CN(C)N2C(=O)NCc1ccc(OC)cc1. The van der Waals surface area contributed by atoms with Crippen molar-refractivity contribution in [2.24, 2.45) is 0 Å². The van der Waals surface area contributed by atoms with Crippen LogP contribution in [0.3, 0.4) is 0 Å². The Balaban J connectivity index is 1.57. The van der Waals surface area contributed by atoms with Gasteiger partial charge in [0, 0.05) is 20.1 Å². The van der Waals surface area contributed by atoms with Gasteiger partial charge >= 0.3 is 12.1 Å². The monoisotopic (exact) mass is 610 g/mol. The summed E-state index contributed by atoms with van der Waals surface area (Å²) >= 11 is 0. The van der Waals surface area contributed by atoms with E-state index in [0.717, 1.165) is 5.56 Å². The molecule has 2 aromatic carbocycles. The van der Waals surface area contributed by atoms with E-state index in [1.807, 2.05) is 19.1 Å². The average molecular weight is 611 g/mol. The number of piperazine rings is 1. The van der Waals surface area contributed by atoms with E-state index < -0.39 is 36.2 Å². The number of hydrogen-bond acceptors (Lipinski definition) is 7. The van der Waals surface area contributed by atoms with E-state index in [2.05, 4.69) is 17.2 Å². The number of ether oxygens (including phenoxy) is 2. The molecule has 5 amide bonds. The molecular weight excluding hydrogens is 571 g/mol. The molecule has 236 valence electrons. The summed E-state index contributed by atoms with van der Waals surface area (Å²) in [5, 5.41) is 8.58. The molecule has 44 heavy (non-hydrogen) atoms. The molecule has 2 N–H and O–H groups in total. The highest BCUT2D eigenvalue weighted by molar-refractivity contribution is 5.91. The number of nitrogens with zero attached hydrogens (tertiary/aromatic N) is 4.